The summed E-state index contributed by atoms with van der Waals surface area (Å²) < 4.78 is 16.0. The van der Waals surface area contributed by atoms with Gasteiger partial charge in [0.2, 0.25) is 11.8 Å². The van der Waals surface area contributed by atoms with Crippen molar-refractivity contribution >= 4 is 11.8 Å². The van der Waals surface area contributed by atoms with Crippen LogP contribution in [0.2, 0.25) is 0 Å². The third-order valence-electron chi connectivity index (χ3n) is 4.48. The molecule has 2 aromatic heterocycles. The normalized spacial score (nSPS) is 11.7. The number of carbonyl (C=O) groups excluding carboxylic acids is 2. The first-order valence-corrected chi connectivity index (χ1v) is 9.28. The monoisotopic (exact) mass is 396 g/mol. The van der Waals surface area contributed by atoms with Gasteiger partial charge in [0.1, 0.15) is 17.3 Å². The average Bonchev–Trinajstić information content (AvgIpc) is 3.41. The molecule has 1 N–H and O–H groups in total. The van der Waals surface area contributed by atoms with E-state index < -0.39 is 6.04 Å². The minimum absolute atomic E-state index is 0.104. The minimum Gasteiger partial charge on any atom is -0.497 e. The number of hydrogen-bond donors (Lipinski definition) is 1. The lowest BCUT2D eigenvalue weighted by atomic mass is 10.0. The average molecular weight is 396 g/mol. The second-order valence-electron chi connectivity index (χ2n) is 6.64. The standard InChI is InChI=1S/C22H24N2O5/c1-16(25)23-21(17-7-9-18(27-2)10-8-17)13-22(26)24(14-19-5-3-11-28-19)15-20-6-4-12-29-20/h3-12,21H,13-15H2,1-2H3,(H,23,25). The molecule has 152 valence electrons. The lowest BCUT2D eigenvalue weighted by Gasteiger charge is -2.24. The van der Waals surface area contributed by atoms with Crippen LogP contribution in [0, 0.1) is 0 Å². The van der Waals surface area contributed by atoms with Crippen molar-refractivity contribution in [1.82, 2.24) is 10.2 Å². The molecular weight excluding hydrogens is 372 g/mol. The van der Waals surface area contributed by atoms with Gasteiger partial charge in [-0.15, -0.1) is 0 Å². The topological polar surface area (TPSA) is 84.9 Å². The zero-order chi connectivity index (χ0) is 20.6. The minimum atomic E-state index is -0.457. The van der Waals surface area contributed by atoms with Crippen LogP contribution in [0.1, 0.15) is 36.5 Å². The van der Waals surface area contributed by atoms with Gasteiger partial charge in [-0.3, -0.25) is 9.59 Å². The molecule has 0 radical (unpaired) electrons. The number of rotatable bonds is 9. The van der Waals surface area contributed by atoms with Crippen LogP contribution in [0.5, 0.6) is 5.75 Å². The van der Waals surface area contributed by atoms with E-state index in [4.69, 9.17) is 13.6 Å². The highest BCUT2D eigenvalue weighted by atomic mass is 16.5. The Morgan fingerprint density at radius 2 is 1.59 bits per heavy atom. The van der Waals surface area contributed by atoms with E-state index in [1.54, 1.807) is 48.8 Å². The Labute approximate surface area is 169 Å². The maximum Gasteiger partial charge on any atom is 0.225 e. The molecule has 0 aliphatic rings. The van der Waals surface area contributed by atoms with Crippen molar-refractivity contribution in [2.75, 3.05) is 7.11 Å². The van der Waals surface area contributed by atoms with E-state index in [1.807, 2.05) is 24.3 Å². The summed E-state index contributed by atoms with van der Waals surface area (Å²) in [4.78, 5) is 26.5. The first-order chi connectivity index (χ1) is 14.0. The van der Waals surface area contributed by atoms with Crippen molar-refractivity contribution in [3.8, 4) is 5.75 Å². The van der Waals surface area contributed by atoms with Crippen molar-refractivity contribution in [2.45, 2.75) is 32.5 Å². The number of amides is 2. The molecule has 2 heterocycles. The van der Waals surface area contributed by atoms with E-state index in [2.05, 4.69) is 5.32 Å². The molecule has 3 rings (SSSR count). The number of hydrogen-bond acceptors (Lipinski definition) is 5. The van der Waals surface area contributed by atoms with Crippen LogP contribution in [-0.4, -0.2) is 23.8 Å². The molecule has 0 bridgehead atoms. The van der Waals surface area contributed by atoms with E-state index >= 15 is 0 Å². The number of carbonyl (C=O) groups is 2. The molecule has 0 fully saturated rings. The van der Waals surface area contributed by atoms with Crippen molar-refractivity contribution in [2.24, 2.45) is 0 Å². The lowest BCUT2D eigenvalue weighted by Crippen LogP contribution is -2.35. The molecule has 7 nitrogen and oxygen atoms in total. The number of nitrogens with zero attached hydrogens (tertiary/aromatic N) is 1. The summed E-state index contributed by atoms with van der Waals surface area (Å²) >= 11 is 0. The van der Waals surface area contributed by atoms with Crippen LogP contribution in [0.4, 0.5) is 0 Å². The van der Waals surface area contributed by atoms with Gasteiger partial charge < -0.3 is 23.8 Å². The van der Waals surface area contributed by atoms with E-state index in [0.717, 1.165) is 5.56 Å². The van der Waals surface area contributed by atoms with Gasteiger partial charge in [-0.05, 0) is 42.0 Å². The van der Waals surface area contributed by atoms with E-state index in [-0.39, 0.29) is 18.2 Å². The first-order valence-electron chi connectivity index (χ1n) is 9.28. The molecule has 1 aromatic carbocycles. The maximum atomic E-state index is 13.2. The van der Waals surface area contributed by atoms with Crippen LogP contribution in [0.25, 0.3) is 0 Å². The summed E-state index contributed by atoms with van der Waals surface area (Å²) in [5, 5.41) is 2.86. The van der Waals surface area contributed by atoms with Crippen LogP contribution in [-0.2, 0) is 22.7 Å². The van der Waals surface area contributed by atoms with Crippen molar-refractivity contribution in [3.05, 3.63) is 78.1 Å². The highest BCUT2D eigenvalue weighted by Crippen LogP contribution is 2.23. The second kappa shape index (κ2) is 9.64. The Kier molecular flexibility index (Phi) is 6.73. The molecule has 3 aromatic rings. The quantitative estimate of drug-likeness (QED) is 0.596. The van der Waals surface area contributed by atoms with E-state index in [0.29, 0.717) is 30.4 Å². The highest BCUT2D eigenvalue weighted by molar-refractivity contribution is 5.79. The fourth-order valence-corrected chi connectivity index (χ4v) is 3.05. The molecule has 0 spiro atoms. The van der Waals surface area contributed by atoms with E-state index in [9.17, 15) is 9.59 Å². The SMILES string of the molecule is COc1ccc(C(CC(=O)N(Cc2ccco2)Cc2ccco2)NC(C)=O)cc1. The number of nitrogens with one attached hydrogen (secondary N) is 1. The molecule has 0 saturated heterocycles. The zero-order valence-corrected chi connectivity index (χ0v) is 16.5. The van der Waals surface area contributed by atoms with Gasteiger partial charge in [-0.1, -0.05) is 12.1 Å². The van der Waals surface area contributed by atoms with Gasteiger partial charge in [-0.25, -0.2) is 0 Å². The summed E-state index contributed by atoms with van der Waals surface area (Å²) in [5.74, 6) is 1.71. The molecule has 29 heavy (non-hydrogen) atoms. The molecule has 1 unspecified atom stereocenters. The van der Waals surface area contributed by atoms with Gasteiger partial charge in [0.05, 0.1) is 45.2 Å². The molecule has 0 saturated carbocycles. The predicted octanol–water partition coefficient (Wildman–Crippen LogP) is 3.68. The second-order valence-corrected chi connectivity index (χ2v) is 6.64. The van der Waals surface area contributed by atoms with Crippen LogP contribution >= 0.6 is 0 Å². The number of furan rings is 2. The highest BCUT2D eigenvalue weighted by Gasteiger charge is 2.23. The Morgan fingerprint density at radius 3 is 2.03 bits per heavy atom. The third-order valence-corrected chi connectivity index (χ3v) is 4.48. The predicted molar refractivity (Wildman–Crippen MR) is 106 cm³/mol. The lowest BCUT2D eigenvalue weighted by molar-refractivity contribution is -0.133. The Morgan fingerprint density at radius 1 is 1.00 bits per heavy atom. The summed E-state index contributed by atoms with van der Waals surface area (Å²) in [6.07, 6.45) is 3.25. The van der Waals surface area contributed by atoms with Crippen molar-refractivity contribution in [1.29, 1.82) is 0 Å². The van der Waals surface area contributed by atoms with Gasteiger partial charge in [0.25, 0.3) is 0 Å². The number of ether oxygens (including phenoxy) is 1. The molecule has 0 aliphatic carbocycles. The Balaban J connectivity index is 1.78. The van der Waals surface area contributed by atoms with Gasteiger partial charge in [0, 0.05) is 6.92 Å². The molecule has 7 heteroatoms. The fraction of sp³-hybridized carbons (Fsp3) is 0.273. The number of benzene rings is 1. The fourth-order valence-electron chi connectivity index (χ4n) is 3.05. The smallest absolute Gasteiger partial charge is 0.225 e. The van der Waals surface area contributed by atoms with Crippen LogP contribution in [0.3, 0.4) is 0 Å². The summed E-state index contributed by atoms with van der Waals surface area (Å²) in [5.41, 5.74) is 0.824. The third kappa shape index (κ3) is 5.75. The van der Waals surface area contributed by atoms with Crippen LogP contribution < -0.4 is 10.1 Å². The summed E-state index contributed by atoms with van der Waals surface area (Å²) in [6, 6.07) is 14.0. The first kappa shape index (κ1) is 20.3. The van der Waals surface area contributed by atoms with Crippen molar-refractivity contribution in [3.63, 3.8) is 0 Å². The molecule has 2 amide bonds. The zero-order valence-electron chi connectivity index (χ0n) is 16.5. The molecule has 0 aliphatic heterocycles. The van der Waals surface area contributed by atoms with Gasteiger partial charge in [-0.2, -0.15) is 0 Å². The van der Waals surface area contributed by atoms with Crippen LogP contribution in [0.15, 0.2) is 69.9 Å². The Hall–Kier alpha value is -3.48. The van der Waals surface area contributed by atoms with Gasteiger partial charge >= 0.3 is 0 Å². The van der Waals surface area contributed by atoms with E-state index in [1.165, 1.54) is 6.92 Å². The Bertz CT molecular complexity index is 865. The van der Waals surface area contributed by atoms with Crippen molar-refractivity contribution < 1.29 is 23.2 Å². The largest absolute Gasteiger partial charge is 0.497 e. The summed E-state index contributed by atoms with van der Waals surface area (Å²) in [7, 11) is 1.59. The molecular formula is C22H24N2O5. The number of methoxy groups -OCH3 is 1. The van der Waals surface area contributed by atoms with Gasteiger partial charge in [0.15, 0.2) is 0 Å². The maximum absolute atomic E-state index is 13.2. The molecule has 1 atom stereocenters. The summed E-state index contributed by atoms with van der Waals surface area (Å²) in [6.45, 7) is 2.05.